The molecule has 0 spiro atoms. The number of hydrogen-bond acceptors (Lipinski definition) is 2. The van der Waals surface area contributed by atoms with Crippen molar-refractivity contribution in [2.24, 2.45) is 23.7 Å². The van der Waals surface area contributed by atoms with E-state index < -0.39 is 0 Å². The Bertz CT molecular complexity index is 339. The van der Waals surface area contributed by atoms with E-state index in [1.54, 1.807) is 0 Å². The summed E-state index contributed by atoms with van der Waals surface area (Å²) < 4.78 is 0. The molecular formula is C14H21NO2. The molecule has 17 heavy (non-hydrogen) atoms. The van der Waals surface area contributed by atoms with Crippen LogP contribution in [0.15, 0.2) is 12.2 Å². The Kier molecular flexibility index (Phi) is 2.95. The van der Waals surface area contributed by atoms with Crippen LogP contribution in [-0.4, -0.2) is 23.7 Å². The van der Waals surface area contributed by atoms with Crippen LogP contribution in [0.5, 0.6) is 0 Å². The molecule has 3 aliphatic rings. The van der Waals surface area contributed by atoms with E-state index in [1.807, 2.05) is 0 Å². The lowest BCUT2D eigenvalue weighted by Gasteiger charge is -2.19. The first-order chi connectivity index (χ1) is 8.22. The molecule has 5 unspecified atom stereocenters. The third-order valence-electron chi connectivity index (χ3n) is 4.69. The molecule has 3 heteroatoms. The summed E-state index contributed by atoms with van der Waals surface area (Å²) in [4.78, 5) is 12.1. The Morgan fingerprint density at radius 3 is 2.71 bits per heavy atom. The Balaban J connectivity index is 1.46. The number of fused-ring (bicyclic) bond motifs is 2. The van der Waals surface area contributed by atoms with Crippen LogP contribution in [0.3, 0.4) is 0 Å². The van der Waals surface area contributed by atoms with Crippen LogP contribution < -0.4 is 5.32 Å². The van der Waals surface area contributed by atoms with Crippen LogP contribution in [0, 0.1) is 23.7 Å². The van der Waals surface area contributed by atoms with E-state index in [9.17, 15) is 9.90 Å². The molecule has 94 valence electrons. The zero-order chi connectivity index (χ0) is 11.8. The molecule has 2 N–H and O–H groups in total. The van der Waals surface area contributed by atoms with Gasteiger partial charge in [-0.25, -0.2) is 0 Å². The number of aliphatic hydroxyl groups excluding tert-OH is 1. The number of hydrogen-bond donors (Lipinski definition) is 2. The second kappa shape index (κ2) is 4.45. The topological polar surface area (TPSA) is 49.3 Å². The van der Waals surface area contributed by atoms with Crippen molar-refractivity contribution in [1.29, 1.82) is 0 Å². The maximum atomic E-state index is 12.1. The monoisotopic (exact) mass is 235 g/mol. The van der Waals surface area contributed by atoms with Crippen molar-refractivity contribution in [3.05, 3.63) is 12.2 Å². The second-order valence-electron chi connectivity index (χ2n) is 5.96. The number of aliphatic hydroxyl groups is 1. The average Bonchev–Trinajstić information content (AvgIpc) is 3.01. The van der Waals surface area contributed by atoms with E-state index in [1.165, 1.54) is 6.42 Å². The molecule has 2 bridgehead atoms. The van der Waals surface area contributed by atoms with E-state index in [2.05, 4.69) is 17.5 Å². The fourth-order valence-corrected chi connectivity index (χ4v) is 3.69. The second-order valence-corrected chi connectivity index (χ2v) is 5.96. The first-order valence-corrected chi connectivity index (χ1v) is 6.86. The van der Waals surface area contributed by atoms with E-state index in [4.69, 9.17) is 0 Å². The van der Waals surface area contributed by atoms with Crippen molar-refractivity contribution >= 4 is 5.91 Å². The predicted octanol–water partition coefficient (Wildman–Crippen LogP) is 1.48. The minimum Gasteiger partial charge on any atom is -0.393 e. The summed E-state index contributed by atoms with van der Waals surface area (Å²) in [6, 6.07) is 0. The summed E-state index contributed by atoms with van der Waals surface area (Å²) >= 11 is 0. The summed E-state index contributed by atoms with van der Waals surface area (Å²) in [5, 5.41) is 12.5. The van der Waals surface area contributed by atoms with Gasteiger partial charge in [-0.05, 0) is 49.9 Å². The molecular weight excluding hydrogens is 214 g/mol. The van der Waals surface area contributed by atoms with Crippen LogP contribution in [-0.2, 0) is 4.79 Å². The predicted molar refractivity (Wildman–Crippen MR) is 65.2 cm³/mol. The van der Waals surface area contributed by atoms with Crippen LogP contribution >= 0.6 is 0 Å². The SMILES string of the molecule is O=C(NCC1CCC(O)C1)C1CC2C=CC1C2. The third kappa shape index (κ3) is 2.25. The molecule has 3 nitrogen and oxygen atoms in total. The highest BCUT2D eigenvalue weighted by Gasteiger charge is 2.39. The molecule has 0 aromatic heterocycles. The number of amides is 1. The summed E-state index contributed by atoms with van der Waals surface area (Å²) in [5.41, 5.74) is 0. The molecule has 0 saturated heterocycles. The van der Waals surface area contributed by atoms with Gasteiger partial charge in [0.15, 0.2) is 0 Å². The number of carbonyl (C=O) groups excluding carboxylic acids is 1. The highest BCUT2D eigenvalue weighted by molar-refractivity contribution is 5.79. The largest absolute Gasteiger partial charge is 0.393 e. The highest BCUT2D eigenvalue weighted by atomic mass is 16.3. The van der Waals surface area contributed by atoms with Gasteiger partial charge < -0.3 is 10.4 Å². The molecule has 0 radical (unpaired) electrons. The normalized spacial score (nSPS) is 43.2. The van der Waals surface area contributed by atoms with E-state index in [0.29, 0.717) is 17.8 Å². The molecule has 0 aromatic rings. The molecule has 0 aliphatic heterocycles. The Morgan fingerprint density at radius 2 is 2.12 bits per heavy atom. The number of rotatable bonds is 3. The number of nitrogens with one attached hydrogen (secondary N) is 1. The average molecular weight is 235 g/mol. The summed E-state index contributed by atoms with van der Waals surface area (Å²) in [6.45, 7) is 0.757. The molecule has 2 saturated carbocycles. The molecule has 1 amide bonds. The van der Waals surface area contributed by atoms with Crippen LogP contribution in [0.4, 0.5) is 0 Å². The molecule has 3 aliphatic carbocycles. The molecule has 0 heterocycles. The standard InChI is InChI=1S/C14H21NO2/c16-12-4-2-10(6-12)8-15-14(17)13-7-9-1-3-11(13)5-9/h1,3,9-13,16H,2,4-8H2,(H,15,17). The van der Waals surface area contributed by atoms with Gasteiger partial charge in [-0.15, -0.1) is 0 Å². The zero-order valence-electron chi connectivity index (χ0n) is 10.1. The van der Waals surface area contributed by atoms with Crippen molar-refractivity contribution in [1.82, 2.24) is 5.32 Å². The van der Waals surface area contributed by atoms with Gasteiger partial charge in [0, 0.05) is 12.5 Å². The highest BCUT2D eigenvalue weighted by Crippen LogP contribution is 2.43. The van der Waals surface area contributed by atoms with Gasteiger partial charge in [0.25, 0.3) is 0 Å². The van der Waals surface area contributed by atoms with Gasteiger partial charge in [0.1, 0.15) is 0 Å². The summed E-state index contributed by atoms with van der Waals surface area (Å²) in [5.74, 6) is 2.10. The van der Waals surface area contributed by atoms with E-state index in [-0.39, 0.29) is 17.9 Å². The summed E-state index contributed by atoms with van der Waals surface area (Å²) in [7, 11) is 0. The van der Waals surface area contributed by atoms with Crippen molar-refractivity contribution in [3.8, 4) is 0 Å². The third-order valence-corrected chi connectivity index (χ3v) is 4.69. The Hall–Kier alpha value is -0.830. The molecule has 3 rings (SSSR count). The van der Waals surface area contributed by atoms with E-state index in [0.717, 1.165) is 32.2 Å². The van der Waals surface area contributed by atoms with Crippen LogP contribution in [0.1, 0.15) is 32.1 Å². The fourth-order valence-electron chi connectivity index (χ4n) is 3.69. The van der Waals surface area contributed by atoms with Crippen molar-refractivity contribution in [2.45, 2.75) is 38.2 Å². The van der Waals surface area contributed by atoms with Crippen molar-refractivity contribution in [3.63, 3.8) is 0 Å². The lowest BCUT2D eigenvalue weighted by atomic mass is 9.92. The van der Waals surface area contributed by atoms with Crippen LogP contribution in [0.2, 0.25) is 0 Å². The van der Waals surface area contributed by atoms with Crippen LogP contribution in [0.25, 0.3) is 0 Å². The van der Waals surface area contributed by atoms with E-state index >= 15 is 0 Å². The maximum Gasteiger partial charge on any atom is 0.223 e. The smallest absolute Gasteiger partial charge is 0.223 e. The molecule has 5 atom stereocenters. The van der Waals surface area contributed by atoms with Crippen molar-refractivity contribution in [2.75, 3.05) is 6.54 Å². The van der Waals surface area contributed by atoms with Gasteiger partial charge in [0.05, 0.1) is 6.10 Å². The van der Waals surface area contributed by atoms with Gasteiger partial charge in [-0.1, -0.05) is 12.2 Å². The van der Waals surface area contributed by atoms with Gasteiger partial charge >= 0.3 is 0 Å². The number of allylic oxidation sites excluding steroid dienone is 2. The number of carbonyl (C=O) groups is 1. The van der Waals surface area contributed by atoms with Gasteiger partial charge in [-0.3, -0.25) is 4.79 Å². The first-order valence-electron chi connectivity index (χ1n) is 6.86. The van der Waals surface area contributed by atoms with Gasteiger partial charge in [-0.2, -0.15) is 0 Å². The summed E-state index contributed by atoms with van der Waals surface area (Å²) in [6.07, 6.45) is 9.38. The minimum atomic E-state index is -0.137. The lowest BCUT2D eigenvalue weighted by molar-refractivity contribution is -0.125. The Labute approximate surface area is 102 Å². The molecule has 2 fully saturated rings. The fraction of sp³-hybridized carbons (Fsp3) is 0.786. The first kappa shape index (κ1) is 11.3. The maximum absolute atomic E-state index is 12.1. The van der Waals surface area contributed by atoms with Gasteiger partial charge in [0.2, 0.25) is 5.91 Å². The minimum absolute atomic E-state index is 0.137. The Morgan fingerprint density at radius 1 is 1.24 bits per heavy atom. The zero-order valence-corrected chi connectivity index (χ0v) is 10.1. The molecule has 0 aromatic carbocycles. The van der Waals surface area contributed by atoms with Crippen molar-refractivity contribution < 1.29 is 9.90 Å². The lowest BCUT2D eigenvalue weighted by Crippen LogP contribution is -2.35. The quantitative estimate of drug-likeness (QED) is 0.728.